The third-order valence-corrected chi connectivity index (χ3v) is 4.22. The summed E-state index contributed by atoms with van der Waals surface area (Å²) in [6.45, 7) is -5.99. The van der Waals surface area contributed by atoms with Crippen LogP contribution < -0.4 is 32.2 Å². The van der Waals surface area contributed by atoms with Crippen molar-refractivity contribution >= 4 is 80.3 Å². The van der Waals surface area contributed by atoms with Crippen molar-refractivity contribution in [3.8, 4) is 0 Å². The van der Waals surface area contributed by atoms with Crippen LogP contribution in [0.25, 0.3) is 0 Å². The van der Waals surface area contributed by atoms with Crippen LogP contribution in [0.3, 0.4) is 0 Å². The van der Waals surface area contributed by atoms with E-state index in [4.69, 9.17) is 22.0 Å². The van der Waals surface area contributed by atoms with Crippen molar-refractivity contribution < 1.29 is 9.59 Å². The highest BCUT2D eigenvalue weighted by atomic mass is 79.9. The quantitative estimate of drug-likeness (QED) is 0.181. The Hall–Kier alpha value is 1.04. The summed E-state index contributed by atoms with van der Waals surface area (Å²) in [7, 11) is 0. The van der Waals surface area contributed by atoms with Gasteiger partial charge in [0.15, 0.2) is 13.0 Å². The molecule has 0 spiro atoms. The molecule has 0 fully saturated rings. The first kappa shape index (κ1) is 18.0. The van der Waals surface area contributed by atoms with Gasteiger partial charge < -0.3 is 10.2 Å². The fourth-order valence-corrected chi connectivity index (χ4v) is 3.04. The molecule has 0 aliphatic carbocycles. The maximum absolute atomic E-state index is 11.6. The summed E-state index contributed by atoms with van der Waals surface area (Å²) in [6, 6.07) is 0. The number of hydrogen-bond acceptors (Lipinski definition) is 4. The van der Waals surface area contributed by atoms with E-state index in [1.807, 2.05) is 0 Å². The standard InChI is InChI=1S/C3H10Br2N6O2P2S2/c4-3(5,1(12)10-14(6,7)16)2(13)11-15(8,9)17/h(H5,6,7,10,12,16)(H5,8,9,11,13,17). The Kier molecular flexibility index (Phi) is 6.36. The molecule has 0 unspecified atom stereocenters. The Balaban J connectivity index is 4.90. The lowest BCUT2D eigenvalue weighted by molar-refractivity contribution is -0.127. The lowest BCUT2D eigenvalue weighted by atomic mass is 10.4. The van der Waals surface area contributed by atoms with Crippen molar-refractivity contribution in [2.75, 3.05) is 0 Å². The molecule has 0 atom stereocenters. The van der Waals surface area contributed by atoms with Crippen molar-refractivity contribution in [3.63, 3.8) is 0 Å². The molecule has 0 aliphatic rings. The van der Waals surface area contributed by atoms with Crippen molar-refractivity contribution in [2.45, 2.75) is 3.23 Å². The summed E-state index contributed by atoms with van der Waals surface area (Å²) in [5.74, 6) is -1.74. The first-order valence-corrected chi connectivity index (χ1v) is 11.1. The number of carbonyl (C=O) groups is 2. The molecule has 0 aliphatic heterocycles. The Morgan fingerprint density at radius 1 is 0.941 bits per heavy atom. The van der Waals surface area contributed by atoms with Gasteiger partial charge in [-0.25, -0.2) is 0 Å². The van der Waals surface area contributed by atoms with E-state index in [1.54, 1.807) is 0 Å². The van der Waals surface area contributed by atoms with Crippen molar-refractivity contribution in [1.29, 1.82) is 0 Å². The van der Waals surface area contributed by atoms with Crippen molar-refractivity contribution in [3.05, 3.63) is 0 Å². The number of carbonyl (C=O) groups excluding carboxylic acids is 2. The summed E-state index contributed by atoms with van der Waals surface area (Å²) < 4.78 is -1.84. The molecular formula is C3H10Br2N6O2P2S2. The molecule has 0 saturated heterocycles. The summed E-state index contributed by atoms with van der Waals surface area (Å²) in [5, 5.41) is 4.22. The van der Waals surface area contributed by atoms with Crippen molar-refractivity contribution in [1.82, 2.24) is 10.2 Å². The fourth-order valence-electron chi connectivity index (χ4n) is 0.561. The predicted octanol–water partition coefficient (Wildman–Crippen LogP) is -1.01. The summed E-state index contributed by atoms with van der Waals surface area (Å²) in [6.07, 6.45) is 0. The lowest BCUT2D eigenvalue weighted by Crippen LogP contribution is -2.49. The van der Waals surface area contributed by atoms with Gasteiger partial charge in [0.1, 0.15) is 0 Å². The molecule has 10 N–H and O–H groups in total. The Labute approximate surface area is 125 Å². The number of rotatable bonds is 4. The zero-order chi connectivity index (χ0) is 14.1. The molecule has 0 heterocycles. The molecule has 8 nitrogen and oxygen atoms in total. The van der Waals surface area contributed by atoms with Crippen LogP contribution in [0, 0.1) is 0 Å². The van der Waals surface area contributed by atoms with Crippen LogP contribution in [0.5, 0.6) is 0 Å². The summed E-state index contributed by atoms with van der Waals surface area (Å²) in [5.41, 5.74) is 21.2. The SMILES string of the molecule is NP(N)(=S)NC(=O)C(Br)(Br)C(=O)NP(N)(N)=S. The Bertz CT molecular complexity index is 393. The minimum Gasteiger partial charge on any atom is -0.303 e. The number of nitrogens with one attached hydrogen (secondary N) is 2. The number of alkyl halides is 2. The van der Waals surface area contributed by atoms with Crippen LogP contribution in [0.4, 0.5) is 0 Å². The first-order valence-electron chi connectivity index (χ1n) is 3.63. The van der Waals surface area contributed by atoms with Gasteiger partial charge in [-0.2, -0.15) is 0 Å². The van der Waals surface area contributed by atoms with Gasteiger partial charge in [0.05, 0.1) is 0 Å². The molecule has 2 amide bonds. The van der Waals surface area contributed by atoms with Gasteiger partial charge in [-0.3, -0.25) is 31.6 Å². The smallest absolute Gasteiger partial charge is 0.263 e. The van der Waals surface area contributed by atoms with Crippen LogP contribution in [0.1, 0.15) is 0 Å². The largest absolute Gasteiger partial charge is 0.303 e. The monoisotopic (exact) mass is 446 g/mol. The average Bonchev–Trinajstić information content (AvgIpc) is 1.96. The fraction of sp³-hybridized carbons (Fsp3) is 0.333. The molecule has 100 valence electrons. The molecule has 0 rings (SSSR count). The minimum atomic E-state index is -2.99. The maximum Gasteiger partial charge on any atom is 0.263 e. The van der Waals surface area contributed by atoms with E-state index < -0.39 is 28.0 Å². The number of hydrogen-bond donors (Lipinski definition) is 6. The molecule has 0 radical (unpaired) electrons. The van der Waals surface area contributed by atoms with Gasteiger partial charge in [-0.05, 0) is 23.6 Å². The second kappa shape index (κ2) is 6.00. The zero-order valence-electron chi connectivity index (χ0n) is 8.09. The van der Waals surface area contributed by atoms with Crippen LogP contribution in [-0.2, 0) is 33.2 Å². The van der Waals surface area contributed by atoms with Crippen molar-refractivity contribution in [2.24, 2.45) is 22.0 Å². The number of amides is 2. The van der Waals surface area contributed by atoms with Gasteiger partial charge >= 0.3 is 0 Å². The zero-order valence-corrected chi connectivity index (χ0v) is 14.7. The highest BCUT2D eigenvalue weighted by molar-refractivity contribution is 9.26. The van der Waals surface area contributed by atoms with Gasteiger partial charge in [0.25, 0.3) is 11.8 Å². The second-order valence-corrected chi connectivity index (χ2v) is 13.2. The maximum atomic E-state index is 11.6. The molecule has 0 aromatic rings. The van der Waals surface area contributed by atoms with E-state index >= 15 is 0 Å². The van der Waals surface area contributed by atoms with E-state index in [1.165, 1.54) is 0 Å². The number of halogens is 2. The van der Waals surface area contributed by atoms with Crippen LogP contribution in [0.15, 0.2) is 0 Å². The first-order chi connectivity index (χ1) is 7.26. The van der Waals surface area contributed by atoms with E-state index in [9.17, 15) is 9.59 Å². The minimum absolute atomic E-state index is 0.869. The third-order valence-electron chi connectivity index (χ3n) is 1.12. The molecule has 0 saturated carbocycles. The third kappa shape index (κ3) is 7.26. The molecular weight excluding hydrogens is 438 g/mol. The second-order valence-electron chi connectivity index (χ2n) is 2.87. The Morgan fingerprint density at radius 3 is 1.35 bits per heavy atom. The highest BCUT2D eigenvalue weighted by Crippen LogP contribution is 2.33. The molecule has 0 aromatic carbocycles. The van der Waals surface area contributed by atoms with Gasteiger partial charge in [0.2, 0.25) is 3.23 Å². The molecule has 14 heteroatoms. The van der Waals surface area contributed by atoms with Gasteiger partial charge in [0, 0.05) is 0 Å². The topological polar surface area (TPSA) is 162 Å². The average molecular weight is 448 g/mol. The van der Waals surface area contributed by atoms with Gasteiger partial charge in [-0.15, -0.1) is 0 Å². The molecule has 0 aromatic heterocycles. The lowest BCUT2D eigenvalue weighted by Gasteiger charge is -2.23. The van der Waals surface area contributed by atoms with Crippen LogP contribution in [-0.4, -0.2) is 15.0 Å². The van der Waals surface area contributed by atoms with E-state index in [0.29, 0.717) is 0 Å². The normalized spacial score (nSPS) is 13.1. The van der Waals surface area contributed by atoms with Crippen LogP contribution >= 0.6 is 44.8 Å². The number of nitrogens with two attached hydrogens (primary N) is 4. The predicted molar refractivity (Wildman–Crippen MR) is 82.2 cm³/mol. The summed E-state index contributed by atoms with van der Waals surface area (Å²) >= 11 is 14.9. The van der Waals surface area contributed by atoms with E-state index in [2.05, 4.69) is 65.6 Å². The van der Waals surface area contributed by atoms with E-state index in [0.717, 1.165) is 0 Å². The molecule has 0 bridgehead atoms. The highest BCUT2D eigenvalue weighted by Gasteiger charge is 2.42. The molecule has 17 heavy (non-hydrogen) atoms. The van der Waals surface area contributed by atoms with E-state index in [-0.39, 0.29) is 0 Å². The summed E-state index contributed by atoms with van der Waals surface area (Å²) in [4.78, 5) is 23.3. The van der Waals surface area contributed by atoms with Crippen LogP contribution in [0.2, 0.25) is 0 Å². The van der Waals surface area contributed by atoms with Gasteiger partial charge in [-0.1, -0.05) is 31.9 Å². The Morgan fingerprint density at radius 2 is 1.18 bits per heavy atom.